The lowest BCUT2D eigenvalue weighted by Gasteiger charge is -2.43. The van der Waals surface area contributed by atoms with Crippen LogP contribution in [0.15, 0.2) is 34.9 Å². The van der Waals surface area contributed by atoms with E-state index in [2.05, 4.69) is 15.4 Å². The monoisotopic (exact) mass is 476 g/mol. The number of hydrazine groups is 1. The molecule has 2 saturated heterocycles. The van der Waals surface area contributed by atoms with Crippen molar-refractivity contribution in [2.24, 2.45) is 11.6 Å². The Bertz CT molecular complexity index is 903. The molecule has 6 N–H and O–H groups in total. The second-order valence-electron chi connectivity index (χ2n) is 6.42. The number of thioether (sulfide) groups is 1. The summed E-state index contributed by atoms with van der Waals surface area (Å²) in [6.45, 7) is 0.466. The molecule has 13 heteroatoms. The Labute approximate surface area is 184 Å². The highest BCUT2D eigenvalue weighted by molar-refractivity contribution is 7.99. The van der Waals surface area contributed by atoms with Gasteiger partial charge >= 0.3 is 0 Å². The molecule has 0 aromatic carbocycles. The maximum absolute atomic E-state index is 11.0. The van der Waals surface area contributed by atoms with E-state index in [0.717, 1.165) is 4.90 Å². The minimum absolute atomic E-state index is 0.303. The summed E-state index contributed by atoms with van der Waals surface area (Å²) in [4.78, 5) is 14.5. The molecule has 29 heavy (non-hydrogen) atoms. The fourth-order valence-electron chi connectivity index (χ4n) is 3.16. The number of hydroxylamine groups is 1. The Morgan fingerprint density at radius 2 is 2.28 bits per heavy atom. The number of aliphatic hydroxyl groups is 1. The van der Waals surface area contributed by atoms with Gasteiger partial charge in [-0.05, 0) is 6.07 Å². The highest BCUT2D eigenvalue weighted by Crippen LogP contribution is 2.37. The lowest BCUT2D eigenvalue weighted by molar-refractivity contribution is -0.163. The van der Waals surface area contributed by atoms with Crippen LogP contribution in [0.2, 0.25) is 10.2 Å². The van der Waals surface area contributed by atoms with Crippen LogP contribution in [0, 0.1) is 0 Å². The minimum atomic E-state index is -0.992. The normalized spacial score (nSPS) is 29.7. The van der Waals surface area contributed by atoms with Crippen LogP contribution in [0.5, 0.6) is 0 Å². The van der Waals surface area contributed by atoms with Crippen LogP contribution in [-0.4, -0.2) is 56.4 Å². The summed E-state index contributed by atoms with van der Waals surface area (Å²) >= 11 is 14.5. The lowest BCUT2D eigenvalue weighted by atomic mass is 9.97. The van der Waals surface area contributed by atoms with Crippen LogP contribution < -0.4 is 17.1 Å². The summed E-state index contributed by atoms with van der Waals surface area (Å²) in [5.74, 6) is 6.27. The highest BCUT2D eigenvalue weighted by Gasteiger charge is 2.50. The predicted molar refractivity (Wildman–Crippen MR) is 112 cm³/mol. The van der Waals surface area contributed by atoms with E-state index in [1.807, 2.05) is 0 Å². The maximum Gasteiger partial charge on any atom is 0.142 e. The van der Waals surface area contributed by atoms with Crippen molar-refractivity contribution in [3.8, 4) is 0 Å². The summed E-state index contributed by atoms with van der Waals surface area (Å²) in [5.41, 5.74) is 8.63. The summed E-state index contributed by atoms with van der Waals surface area (Å²) in [6, 6.07) is 1.13. The molecule has 5 unspecified atom stereocenters. The van der Waals surface area contributed by atoms with E-state index in [0.29, 0.717) is 27.4 Å². The number of pyridine rings is 1. The second kappa shape index (κ2) is 8.92. The van der Waals surface area contributed by atoms with Crippen LogP contribution in [0.4, 0.5) is 0 Å². The fraction of sp³-hybridized carbons (Fsp3) is 0.375. The van der Waals surface area contributed by atoms with Crippen molar-refractivity contribution >= 4 is 52.0 Å². The molecular weight excluding hydrogens is 459 g/mol. The molecule has 0 amide bonds. The first-order valence-corrected chi connectivity index (χ1v) is 11.0. The maximum atomic E-state index is 11.0. The number of hydrogen-bond donors (Lipinski definition) is 4. The standard InChI is InChI=1S/C16H18Cl2N6O3S2/c17-7-1-8(3-21-2-7)29-16-13(25)12(14-10(26-16)4-22-27-14)24(20)5-9(19)15-23-11(18)6-28-15/h1-3,5-6,10,12-14,16,22,25H,4,19-20H2/b9-5-. The summed E-state index contributed by atoms with van der Waals surface area (Å²) in [5, 5.41) is 15.4. The zero-order valence-corrected chi connectivity index (χ0v) is 18.0. The van der Waals surface area contributed by atoms with Crippen LogP contribution in [0.3, 0.4) is 0 Å². The number of aromatic nitrogens is 2. The van der Waals surface area contributed by atoms with E-state index in [9.17, 15) is 5.11 Å². The topological polar surface area (TPSA) is 132 Å². The van der Waals surface area contributed by atoms with Crippen molar-refractivity contribution in [1.82, 2.24) is 20.5 Å². The van der Waals surface area contributed by atoms with Gasteiger partial charge in [-0.15, -0.1) is 11.3 Å². The van der Waals surface area contributed by atoms with E-state index in [1.165, 1.54) is 40.5 Å². The number of thiazole rings is 1. The Balaban J connectivity index is 1.56. The number of halogens is 2. The first-order valence-electron chi connectivity index (χ1n) is 8.53. The van der Waals surface area contributed by atoms with E-state index < -0.39 is 23.7 Å². The fourth-order valence-corrected chi connectivity index (χ4v) is 5.36. The second-order valence-corrected chi connectivity index (χ2v) is 9.27. The average molecular weight is 477 g/mol. The van der Waals surface area contributed by atoms with E-state index >= 15 is 0 Å². The quantitative estimate of drug-likeness (QED) is 0.370. The number of fused-ring (bicyclic) bond motifs is 1. The van der Waals surface area contributed by atoms with Gasteiger partial charge in [-0.25, -0.2) is 10.8 Å². The van der Waals surface area contributed by atoms with Gasteiger partial charge in [-0.2, -0.15) is 5.48 Å². The van der Waals surface area contributed by atoms with Crippen molar-refractivity contribution in [3.05, 3.63) is 45.2 Å². The number of nitrogens with two attached hydrogens (primary N) is 2. The van der Waals surface area contributed by atoms with Crippen molar-refractivity contribution in [2.45, 2.75) is 34.7 Å². The van der Waals surface area contributed by atoms with Gasteiger partial charge < -0.3 is 20.6 Å². The summed E-state index contributed by atoms with van der Waals surface area (Å²) < 4.78 is 6.03. The molecule has 2 fully saturated rings. The molecule has 2 aromatic rings. The zero-order chi connectivity index (χ0) is 20.5. The molecule has 0 aliphatic carbocycles. The Morgan fingerprint density at radius 1 is 1.45 bits per heavy atom. The van der Waals surface area contributed by atoms with Crippen molar-refractivity contribution in [3.63, 3.8) is 0 Å². The summed E-state index contributed by atoms with van der Waals surface area (Å²) in [6.07, 6.45) is 2.92. The molecule has 9 nitrogen and oxygen atoms in total. The smallest absolute Gasteiger partial charge is 0.142 e. The van der Waals surface area contributed by atoms with Crippen LogP contribution in [0.25, 0.3) is 5.70 Å². The van der Waals surface area contributed by atoms with Crippen LogP contribution in [-0.2, 0) is 9.57 Å². The Morgan fingerprint density at radius 3 is 3.00 bits per heavy atom. The molecule has 2 aromatic heterocycles. The van der Waals surface area contributed by atoms with Crippen molar-refractivity contribution in [2.75, 3.05) is 6.54 Å². The number of hydrogen-bond acceptors (Lipinski definition) is 11. The third kappa shape index (κ3) is 4.63. The molecule has 0 spiro atoms. The van der Waals surface area contributed by atoms with Gasteiger partial charge in [-0.3, -0.25) is 9.82 Å². The SMILES string of the molecule is N/C(=C\N(N)C1C(O)C(Sc2cncc(Cl)c2)OC2CNOC21)c1nc(Cl)cs1. The molecule has 0 radical (unpaired) electrons. The van der Waals surface area contributed by atoms with Gasteiger partial charge in [0, 0.05) is 28.9 Å². The van der Waals surface area contributed by atoms with Crippen molar-refractivity contribution in [1.29, 1.82) is 0 Å². The van der Waals surface area contributed by atoms with Gasteiger partial charge in [0.25, 0.3) is 0 Å². The first-order chi connectivity index (χ1) is 13.9. The van der Waals surface area contributed by atoms with Gasteiger partial charge in [0.1, 0.15) is 40.0 Å². The molecular formula is C16H18Cl2N6O3S2. The largest absolute Gasteiger partial charge is 0.395 e. The number of nitrogens with zero attached hydrogens (tertiary/aromatic N) is 3. The van der Waals surface area contributed by atoms with Crippen LogP contribution >= 0.6 is 46.3 Å². The van der Waals surface area contributed by atoms with E-state index in [1.54, 1.807) is 17.6 Å². The number of nitrogens with one attached hydrogen (secondary N) is 1. The third-order valence-corrected chi connectivity index (χ3v) is 6.97. The molecule has 0 bridgehead atoms. The molecule has 4 heterocycles. The summed E-state index contributed by atoms with van der Waals surface area (Å²) in [7, 11) is 0. The Kier molecular flexibility index (Phi) is 6.49. The predicted octanol–water partition coefficient (Wildman–Crippen LogP) is 1.43. The number of rotatable bonds is 5. The van der Waals surface area contributed by atoms with Gasteiger partial charge in [-0.1, -0.05) is 35.0 Å². The molecule has 2 aliphatic rings. The lowest BCUT2D eigenvalue weighted by Crippen LogP contribution is -2.63. The van der Waals surface area contributed by atoms with E-state index in [-0.39, 0.29) is 6.10 Å². The molecule has 0 saturated carbocycles. The van der Waals surface area contributed by atoms with Crippen LogP contribution in [0.1, 0.15) is 5.01 Å². The molecule has 156 valence electrons. The van der Waals surface area contributed by atoms with Gasteiger partial charge in [0.15, 0.2) is 0 Å². The molecule has 4 rings (SSSR count). The zero-order valence-electron chi connectivity index (χ0n) is 14.8. The average Bonchev–Trinajstić information content (AvgIpc) is 3.31. The van der Waals surface area contributed by atoms with Gasteiger partial charge in [0.2, 0.25) is 0 Å². The van der Waals surface area contributed by atoms with E-state index in [4.69, 9.17) is 44.4 Å². The third-order valence-electron chi connectivity index (χ3n) is 4.43. The number of aliphatic hydroxyl groups excluding tert-OH is 1. The molecule has 5 atom stereocenters. The molecule has 2 aliphatic heterocycles. The van der Waals surface area contributed by atoms with Crippen molar-refractivity contribution < 1.29 is 14.7 Å². The number of ether oxygens (including phenoxy) is 1. The first kappa shape index (κ1) is 21.1. The van der Waals surface area contributed by atoms with Gasteiger partial charge in [0.05, 0.1) is 17.3 Å². The highest BCUT2D eigenvalue weighted by atomic mass is 35.5. The minimum Gasteiger partial charge on any atom is -0.395 e. The Hall–Kier alpha value is -1.15.